The number of aromatic hydroxyl groups is 1. The summed E-state index contributed by atoms with van der Waals surface area (Å²) in [6.07, 6.45) is 2.89. The number of rotatable bonds is 7. The van der Waals surface area contributed by atoms with Gasteiger partial charge in [0.1, 0.15) is 17.1 Å². The highest BCUT2D eigenvalue weighted by Crippen LogP contribution is 2.28. The molecule has 1 N–H and O–H groups in total. The average molecular weight is 265 g/mol. The fourth-order valence-electron chi connectivity index (χ4n) is 2.00. The third-order valence-electron chi connectivity index (χ3n) is 3.00. The van der Waals surface area contributed by atoms with Gasteiger partial charge in [0.05, 0.1) is 7.11 Å². The number of amides is 1. The molecule has 0 unspecified atom stereocenters. The van der Waals surface area contributed by atoms with E-state index < -0.39 is 0 Å². The molecule has 0 spiro atoms. The fraction of sp³-hybridized carbons (Fsp3) is 0.533. The minimum atomic E-state index is -0.162. The highest BCUT2D eigenvalue weighted by Gasteiger charge is 2.22. The zero-order valence-electron chi connectivity index (χ0n) is 12.0. The minimum absolute atomic E-state index is 0.0260. The van der Waals surface area contributed by atoms with Gasteiger partial charge in [-0.2, -0.15) is 0 Å². The van der Waals surface area contributed by atoms with Gasteiger partial charge in [0.25, 0.3) is 5.91 Å². The lowest BCUT2D eigenvalue weighted by atomic mass is 10.1. The third kappa shape index (κ3) is 3.88. The summed E-state index contributed by atoms with van der Waals surface area (Å²) >= 11 is 0. The first-order valence-electron chi connectivity index (χ1n) is 6.80. The van der Waals surface area contributed by atoms with Gasteiger partial charge < -0.3 is 14.7 Å². The Bertz CT molecular complexity index is 418. The number of hydrogen-bond donors (Lipinski definition) is 1. The Balaban J connectivity index is 3.01. The standard InChI is InChI=1S/C15H23NO3/c1-4-6-11-16(10-5-2)15(18)14-12(17)8-7-9-13(14)19-3/h7-9,17H,4-6,10-11H2,1-3H3. The van der Waals surface area contributed by atoms with E-state index in [-0.39, 0.29) is 17.2 Å². The van der Waals surface area contributed by atoms with E-state index in [1.165, 1.54) is 13.2 Å². The second-order valence-electron chi connectivity index (χ2n) is 4.50. The number of carbonyl (C=O) groups is 1. The van der Waals surface area contributed by atoms with Gasteiger partial charge in [0.2, 0.25) is 0 Å². The van der Waals surface area contributed by atoms with Crippen molar-refractivity contribution < 1.29 is 14.6 Å². The van der Waals surface area contributed by atoms with E-state index in [2.05, 4.69) is 6.92 Å². The van der Waals surface area contributed by atoms with Gasteiger partial charge in [-0.3, -0.25) is 4.79 Å². The summed E-state index contributed by atoms with van der Waals surface area (Å²) in [5.41, 5.74) is 0.259. The summed E-state index contributed by atoms with van der Waals surface area (Å²) in [5, 5.41) is 9.91. The van der Waals surface area contributed by atoms with Crippen LogP contribution in [0.3, 0.4) is 0 Å². The van der Waals surface area contributed by atoms with E-state index in [0.29, 0.717) is 18.8 Å². The van der Waals surface area contributed by atoms with Crippen LogP contribution in [0.4, 0.5) is 0 Å². The van der Waals surface area contributed by atoms with Gasteiger partial charge in [-0.1, -0.05) is 26.3 Å². The number of benzene rings is 1. The Labute approximate surface area is 115 Å². The van der Waals surface area contributed by atoms with Crippen LogP contribution in [0.1, 0.15) is 43.5 Å². The van der Waals surface area contributed by atoms with Crippen molar-refractivity contribution >= 4 is 5.91 Å². The lowest BCUT2D eigenvalue weighted by Crippen LogP contribution is -2.33. The van der Waals surface area contributed by atoms with E-state index in [0.717, 1.165) is 19.3 Å². The molecule has 1 rings (SSSR count). The van der Waals surface area contributed by atoms with Gasteiger partial charge in [-0.25, -0.2) is 0 Å². The SMILES string of the molecule is CCCCN(CCC)C(=O)c1c(O)cccc1OC. The summed E-state index contributed by atoms with van der Waals surface area (Å²) < 4.78 is 5.17. The average Bonchev–Trinajstić information content (AvgIpc) is 2.42. The highest BCUT2D eigenvalue weighted by molar-refractivity contribution is 5.99. The Morgan fingerprint density at radius 3 is 2.58 bits per heavy atom. The quantitative estimate of drug-likeness (QED) is 0.824. The van der Waals surface area contributed by atoms with E-state index in [1.807, 2.05) is 6.92 Å². The number of nitrogens with zero attached hydrogens (tertiary/aromatic N) is 1. The molecule has 0 saturated carbocycles. The molecule has 0 atom stereocenters. The van der Waals surface area contributed by atoms with Crippen LogP contribution in [0.25, 0.3) is 0 Å². The van der Waals surface area contributed by atoms with Crippen molar-refractivity contribution in [3.63, 3.8) is 0 Å². The predicted octanol–water partition coefficient (Wildman–Crippen LogP) is 3.05. The normalized spacial score (nSPS) is 10.3. The van der Waals surface area contributed by atoms with Crippen molar-refractivity contribution in [1.82, 2.24) is 4.90 Å². The molecule has 0 aliphatic rings. The second-order valence-corrected chi connectivity index (χ2v) is 4.50. The van der Waals surface area contributed by atoms with Gasteiger partial charge in [-0.15, -0.1) is 0 Å². The Hall–Kier alpha value is -1.71. The van der Waals surface area contributed by atoms with Crippen LogP contribution in [0.2, 0.25) is 0 Å². The molecule has 0 saturated heterocycles. The van der Waals surface area contributed by atoms with Crippen molar-refractivity contribution in [3.8, 4) is 11.5 Å². The Morgan fingerprint density at radius 2 is 2.00 bits per heavy atom. The Morgan fingerprint density at radius 1 is 1.26 bits per heavy atom. The molecule has 4 nitrogen and oxygen atoms in total. The van der Waals surface area contributed by atoms with Gasteiger partial charge in [0.15, 0.2) is 0 Å². The number of carbonyl (C=O) groups excluding carboxylic acids is 1. The monoisotopic (exact) mass is 265 g/mol. The van der Waals surface area contributed by atoms with E-state index >= 15 is 0 Å². The summed E-state index contributed by atoms with van der Waals surface area (Å²) in [4.78, 5) is 14.3. The number of ether oxygens (including phenoxy) is 1. The van der Waals surface area contributed by atoms with Crippen molar-refractivity contribution in [2.45, 2.75) is 33.1 Å². The Kier molecular flexibility index (Phi) is 6.19. The number of phenolic OH excluding ortho intramolecular Hbond substituents is 1. The molecule has 0 radical (unpaired) electrons. The smallest absolute Gasteiger partial charge is 0.261 e. The molecule has 19 heavy (non-hydrogen) atoms. The van der Waals surface area contributed by atoms with Gasteiger partial charge >= 0.3 is 0 Å². The zero-order chi connectivity index (χ0) is 14.3. The summed E-state index contributed by atoms with van der Waals surface area (Å²) in [5.74, 6) is 0.231. The highest BCUT2D eigenvalue weighted by atomic mass is 16.5. The number of phenols is 1. The predicted molar refractivity (Wildman–Crippen MR) is 75.8 cm³/mol. The maximum atomic E-state index is 12.5. The largest absolute Gasteiger partial charge is 0.507 e. The van der Waals surface area contributed by atoms with Crippen LogP contribution in [-0.4, -0.2) is 36.1 Å². The second kappa shape index (κ2) is 7.67. The maximum absolute atomic E-state index is 12.5. The topological polar surface area (TPSA) is 49.8 Å². The molecule has 106 valence electrons. The van der Waals surface area contributed by atoms with Crippen LogP contribution in [0.15, 0.2) is 18.2 Å². The first-order valence-corrected chi connectivity index (χ1v) is 6.80. The molecule has 0 heterocycles. The van der Waals surface area contributed by atoms with Crippen molar-refractivity contribution in [3.05, 3.63) is 23.8 Å². The van der Waals surface area contributed by atoms with Gasteiger partial charge in [-0.05, 0) is 25.0 Å². The van der Waals surface area contributed by atoms with Crippen molar-refractivity contribution in [2.75, 3.05) is 20.2 Å². The van der Waals surface area contributed by atoms with Crippen LogP contribution in [0.5, 0.6) is 11.5 Å². The summed E-state index contributed by atoms with van der Waals surface area (Å²) in [7, 11) is 1.50. The molecule has 4 heteroatoms. The molecule has 0 aromatic heterocycles. The van der Waals surface area contributed by atoms with Gasteiger partial charge in [0, 0.05) is 13.1 Å². The molecule has 0 bridgehead atoms. The zero-order valence-corrected chi connectivity index (χ0v) is 12.0. The number of methoxy groups -OCH3 is 1. The van der Waals surface area contributed by atoms with Crippen LogP contribution < -0.4 is 4.74 Å². The molecule has 1 aromatic rings. The van der Waals surface area contributed by atoms with Crippen LogP contribution >= 0.6 is 0 Å². The minimum Gasteiger partial charge on any atom is -0.507 e. The first kappa shape index (κ1) is 15.3. The lowest BCUT2D eigenvalue weighted by molar-refractivity contribution is 0.0746. The molecule has 1 amide bonds. The van der Waals surface area contributed by atoms with Crippen molar-refractivity contribution in [1.29, 1.82) is 0 Å². The maximum Gasteiger partial charge on any atom is 0.261 e. The molecular formula is C15H23NO3. The summed E-state index contributed by atoms with van der Waals surface area (Å²) in [6.45, 7) is 5.53. The van der Waals surface area contributed by atoms with Crippen LogP contribution in [0, 0.1) is 0 Å². The molecule has 0 aliphatic carbocycles. The molecular weight excluding hydrogens is 242 g/mol. The molecule has 0 fully saturated rings. The van der Waals surface area contributed by atoms with E-state index in [1.54, 1.807) is 17.0 Å². The number of unbranched alkanes of at least 4 members (excludes halogenated alkanes) is 1. The number of hydrogen-bond acceptors (Lipinski definition) is 3. The van der Waals surface area contributed by atoms with Crippen molar-refractivity contribution in [2.24, 2.45) is 0 Å². The van der Waals surface area contributed by atoms with Crippen LogP contribution in [-0.2, 0) is 0 Å². The molecule has 0 aliphatic heterocycles. The third-order valence-corrected chi connectivity index (χ3v) is 3.00. The fourth-order valence-corrected chi connectivity index (χ4v) is 2.00. The lowest BCUT2D eigenvalue weighted by Gasteiger charge is -2.23. The van der Waals surface area contributed by atoms with E-state index in [4.69, 9.17) is 4.74 Å². The van der Waals surface area contributed by atoms with E-state index in [9.17, 15) is 9.90 Å². The summed E-state index contributed by atoms with van der Waals surface area (Å²) in [6, 6.07) is 4.87. The molecule has 1 aromatic carbocycles. The first-order chi connectivity index (χ1) is 9.15.